The Balaban J connectivity index is 1.92. The molecular weight excluding hydrogens is 164 g/mol. The predicted octanol–water partition coefficient (Wildman–Crippen LogP) is 1.30. The summed E-state index contributed by atoms with van der Waals surface area (Å²) in [6.45, 7) is 2.81. The minimum Gasteiger partial charge on any atom is -0.278 e. The highest BCUT2D eigenvalue weighted by Gasteiger charge is 2.34. The summed E-state index contributed by atoms with van der Waals surface area (Å²) in [5, 5.41) is 1.77. The molecule has 0 spiro atoms. The van der Waals surface area contributed by atoms with E-state index in [-0.39, 0.29) is 5.91 Å². The van der Waals surface area contributed by atoms with Crippen molar-refractivity contribution >= 4 is 5.91 Å². The maximum absolute atomic E-state index is 11.4. The lowest BCUT2D eigenvalue weighted by Gasteiger charge is -2.19. The summed E-state index contributed by atoms with van der Waals surface area (Å²) in [6.07, 6.45) is 6.04. The predicted molar refractivity (Wildman–Crippen MR) is 50.9 cm³/mol. The number of rotatable bonds is 2. The smallest absolute Gasteiger partial charge is 0.238 e. The van der Waals surface area contributed by atoms with Crippen molar-refractivity contribution in [1.29, 1.82) is 0 Å². The van der Waals surface area contributed by atoms with Crippen LogP contribution >= 0.6 is 0 Å². The fraction of sp³-hybridized carbons (Fsp3) is 0.900. The lowest BCUT2D eigenvalue weighted by atomic mass is 9.97. The van der Waals surface area contributed by atoms with Crippen LogP contribution in [0.25, 0.3) is 0 Å². The maximum Gasteiger partial charge on any atom is 0.238 e. The fourth-order valence-electron chi connectivity index (χ4n) is 2.52. The SMILES string of the molecule is CCN1NC(C2CCCC2)CC1=O. The van der Waals surface area contributed by atoms with E-state index in [1.165, 1.54) is 25.7 Å². The average Bonchev–Trinajstić information content (AvgIpc) is 2.71. The van der Waals surface area contributed by atoms with Crippen LogP contribution in [-0.4, -0.2) is 23.5 Å². The van der Waals surface area contributed by atoms with E-state index in [1.807, 2.05) is 6.92 Å². The highest BCUT2D eigenvalue weighted by molar-refractivity contribution is 5.78. The number of hydrazine groups is 1. The van der Waals surface area contributed by atoms with Crippen molar-refractivity contribution in [3.05, 3.63) is 0 Å². The highest BCUT2D eigenvalue weighted by Crippen LogP contribution is 2.31. The molecular formula is C10H18N2O. The molecule has 1 atom stereocenters. The van der Waals surface area contributed by atoms with Gasteiger partial charge in [-0.15, -0.1) is 0 Å². The molecule has 0 aromatic carbocycles. The van der Waals surface area contributed by atoms with Crippen molar-refractivity contribution < 1.29 is 4.79 Å². The van der Waals surface area contributed by atoms with Gasteiger partial charge in [-0.05, 0) is 25.7 Å². The van der Waals surface area contributed by atoms with Gasteiger partial charge in [0, 0.05) is 19.0 Å². The molecule has 1 aliphatic heterocycles. The normalized spacial score (nSPS) is 30.4. The molecule has 0 aromatic heterocycles. The number of carbonyl (C=O) groups excluding carboxylic acids is 1. The van der Waals surface area contributed by atoms with Crippen LogP contribution < -0.4 is 5.43 Å². The molecule has 1 heterocycles. The molecule has 3 nitrogen and oxygen atoms in total. The van der Waals surface area contributed by atoms with Crippen molar-refractivity contribution in [1.82, 2.24) is 10.4 Å². The van der Waals surface area contributed by atoms with Crippen LogP contribution in [0.1, 0.15) is 39.0 Å². The zero-order chi connectivity index (χ0) is 9.26. The van der Waals surface area contributed by atoms with Gasteiger partial charge in [0.1, 0.15) is 0 Å². The third-order valence-corrected chi connectivity index (χ3v) is 3.30. The van der Waals surface area contributed by atoms with Crippen LogP contribution in [0.15, 0.2) is 0 Å². The first-order valence-electron chi connectivity index (χ1n) is 5.37. The van der Waals surface area contributed by atoms with Gasteiger partial charge in [-0.1, -0.05) is 12.8 Å². The third-order valence-electron chi connectivity index (χ3n) is 3.30. The first-order chi connectivity index (χ1) is 6.31. The second-order valence-electron chi connectivity index (χ2n) is 4.12. The van der Waals surface area contributed by atoms with E-state index in [4.69, 9.17) is 0 Å². The zero-order valence-electron chi connectivity index (χ0n) is 8.25. The van der Waals surface area contributed by atoms with Gasteiger partial charge in [-0.25, -0.2) is 5.43 Å². The molecule has 13 heavy (non-hydrogen) atoms. The van der Waals surface area contributed by atoms with Gasteiger partial charge in [0.2, 0.25) is 5.91 Å². The minimum atomic E-state index is 0.277. The summed E-state index contributed by atoms with van der Waals surface area (Å²) >= 11 is 0. The Morgan fingerprint density at radius 2 is 2.15 bits per heavy atom. The zero-order valence-corrected chi connectivity index (χ0v) is 8.25. The van der Waals surface area contributed by atoms with E-state index < -0.39 is 0 Å². The van der Waals surface area contributed by atoms with E-state index >= 15 is 0 Å². The fourth-order valence-corrected chi connectivity index (χ4v) is 2.52. The number of hydrogen-bond acceptors (Lipinski definition) is 2. The highest BCUT2D eigenvalue weighted by atomic mass is 16.2. The Morgan fingerprint density at radius 3 is 2.69 bits per heavy atom. The van der Waals surface area contributed by atoms with Gasteiger partial charge in [0.25, 0.3) is 0 Å². The summed E-state index contributed by atoms with van der Waals surface area (Å²) in [5.41, 5.74) is 3.32. The number of nitrogens with one attached hydrogen (secondary N) is 1. The topological polar surface area (TPSA) is 32.3 Å². The van der Waals surface area contributed by atoms with E-state index in [0.717, 1.165) is 18.9 Å². The van der Waals surface area contributed by atoms with Crippen LogP contribution in [0.5, 0.6) is 0 Å². The molecule has 1 saturated heterocycles. The quantitative estimate of drug-likeness (QED) is 0.698. The molecule has 1 unspecified atom stereocenters. The van der Waals surface area contributed by atoms with Crippen molar-refractivity contribution in [3.8, 4) is 0 Å². The van der Waals surface area contributed by atoms with E-state index in [9.17, 15) is 4.79 Å². The number of nitrogens with zero attached hydrogens (tertiary/aromatic N) is 1. The molecule has 3 heteroatoms. The summed E-state index contributed by atoms with van der Waals surface area (Å²) < 4.78 is 0. The minimum absolute atomic E-state index is 0.277. The number of hydrogen-bond donors (Lipinski definition) is 1. The molecule has 0 bridgehead atoms. The Labute approximate surface area is 79.5 Å². The van der Waals surface area contributed by atoms with Crippen molar-refractivity contribution in [2.75, 3.05) is 6.54 Å². The number of amides is 1. The molecule has 2 fully saturated rings. The van der Waals surface area contributed by atoms with Crippen LogP contribution in [0, 0.1) is 5.92 Å². The molecule has 1 N–H and O–H groups in total. The van der Waals surface area contributed by atoms with Crippen molar-refractivity contribution in [3.63, 3.8) is 0 Å². The maximum atomic E-state index is 11.4. The van der Waals surface area contributed by atoms with Crippen LogP contribution in [0.3, 0.4) is 0 Å². The molecule has 2 rings (SSSR count). The summed E-state index contributed by atoms with van der Waals surface area (Å²) in [6, 6.07) is 0.440. The van der Waals surface area contributed by atoms with Gasteiger partial charge in [0.05, 0.1) is 0 Å². The standard InChI is InChI=1S/C10H18N2O/c1-2-12-10(13)7-9(11-12)8-5-3-4-6-8/h8-9,11H,2-7H2,1H3. The summed E-state index contributed by atoms with van der Waals surface area (Å²) in [7, 11) is 0. The van der Waals surface area contributed by atoms with E-state index in [0.29, 0.717) is 6.04 Å². The molecule has 74 valence electrons. The second-order valence-corrected chi connectivity index (χ2v) is 4.12. The molecule has 0 aromatic rings. The van der Waals surface area contributed by atoms with Crippen molar-refractivity contribution in [2.45, 2.75) is 45.1 Å². The van der Waals surface area contributed by atoms with Crippen LogP contribution in [-0.2, 0) is 4.79 Å². The lowest BCUT2D eigenvalue weighted by molar-refractivity contribution is -0.129. The second kappa shape index (κ2) is 3.66. The monoisotopic (exact) mass is 182 g/mol. The van der Waals surface area contributed by atoms with Gasteiger partial charge in [-0.2, -0.15) is 0 Å². The Kier molecular flexibility index (Phi) is 2.54. The molecule has 1 amide bonds. The Hall–Kier alpha value is -0.570. The Bertz CT molecular complexity index is 199. The first-order valence-corrected chi connectivity index (χ1v) is 5.37. The van der Waals surface area contributed by atoms with Gasteiger partial charge >= 0.3 is 0 Å². The summed E-state index contributed by atoms with van der Waals surface area (Å²) in [4.78, 5) is 11.4. The Morgan fingerprint density at radius 1 is 1.46 bits per heavy atom. The van der Waals surface area contributed by atoms with E-state index in [2.05, 4.69) is 5.43 Å². The molecule has 2 aliphatic rings. The average molecular weight is 182 g/mol. The molecule has 1 aliphatic carbocycles. The molecule has 1 saturated carbocycles. The first kappa shape index (κ1) is 9.00. The van der Waals surface area contributed by atoms with E-state index in [1.54, 1.807) is 5.01 Å². The van der Waals surface area contributed by atoms with Gasteiger partial charge in [-0.3, -0.25) is 9.80 Å². The van der Waals surface area contributed by atoms with Gasteiger partial charge in [0.15, 0.2) is 0 Å². The largest absolute Gasteiger partial charge is 0.278 e. The van der Waals surface area contributed by atoms with Crippen molar-refractivity contribution in [2.24, 2.45) is 5.92 Å². The summed E-state index contributed by atoms with van der Waals surface area (Å²) in [5.74, 6) is 1.03. The molecule has 0 radical (unpaired) electrons. The van der Waals surface area contributed by atoms with Gasteiger partial charge < -0.3 is 0 Å². The third kappa shape index (κ3) is 1.70. The number of carbonyl (C=O) groups is 1. The van der Waals surface area contributed by atoms with Crippen LogP contribution in [0.2, 0.25) is 0 Å². The van der Waals surface area contributed by atoms with Crippen LogP contribution in [0.4, 0.5) is 0 Å². The lowest BCUT2D eigenvalue weighted by Crippen LogP contribution is -2.39.